The molecule has 2 fully saturated rings. The number of carbonyl (C=O) groups excluding carboxylic acids is 3. The Hall–Kier alpha value is -3.22. The predicted molar refractivity (Wildman–Crippen MR) is 127 cm³/mol. The standard InChI is InChI=1S/C27H32FN3O3/c1-26(2,30-23(32)16-19-6-4-3-5-7-19)25(34)31-14-12-27(13-15-31)17-24(33)29-18-22(27)20-8-10-21(28)11-9-20/h3-11,22H,12-18H2,1-2H3,(H,29,33)(H,30,32)/t22-/m0/s1. The van der Waals surface area contributed by atoms with Gasteiger partial charge in [-0.15, -0.1) is 0 Å². The number of carbonyl (C=O) groups is 3. The van der Waals surface area contributed by atoms with Crippen molar-refractivity contribution in [3.8, 4) is 0 Å². The molecule has 0 bridgehead atoms. The highest BCUT2D eigenvalue weighted by Crippen LogP contribution is 2.48. The number of benzene rings is 2. The van der Waals surface area contributed by atoms with Crippen LogP contribution in [0.1, 0.15) is 50.2 Å². The van der Waals surface area contributed by atoms with E-state index in [9.17, 15) is 18.8 Å². The van der Waals surface area contributed by atoms with Gasteiger partial charge in [0.2, 0.25) is 17.7 Å². The summed E-state index contributed by atoms with van der Waals surface area (Å²) in [5.74, 6) is -0.511. The molecular weight excluding hydrogens is 433 g/mol. The van der Waals surface area contributed by atoms with Gasteiger partial charge in [-0.3, -0.25) is 14.4 Å². The van der Waals surface area contributed by atoms with Gasteiger partial charge in [-0.2, -0.15) is 0 Å². The van der Waals surface area contributed by atoms with Crippen molar-refractivity contribution in [1.82, 2.24) is 15.5 Å². The fourth-order valence-electron chi connectivity index (χ4n) is 5.41. The van der Waals surface area contributed by atoms with E-state index >= 15 is 0 Å². The summed E-state index contributed by atoms with van der Waals surface area (Å²) < 4.78 is 13.5. The molecule has 34 heavy (non-hydrogen) atoms. The van der Waals surface area contributed by atoms with Gasteiger partial charge >= 0.3 is 0 Å². The van der Waals surface area contributed by atoms with Crippen LogP contribution in [0.4, 0.5) is 4.39 Å². The molecule has 4 rings (SSSR count). The highest BCUT2D eigenvalue weighted by molar-refractivity contribution is 5.91. The van der Waals surface area contributed by atoms with Gasteiger partial charge in [-0.1, -0.05) is 42.5 Å². The summed E-state index contributed by atoms with van der Waals surface area (Å²) in [7, 11) is 0. The second kappa shape index (κ2) is 9.57. The lowest BCUT2D eigenvalue weighted by Crippen LogP contribution is -2.59. The van der Waals surface area contributed by atoms with Crippen LogP contribution in [0.5, 0.6) is 0 Å². The third kappa shape index (κ3) is 5.13. The number of nitrogens with zero attached hydrogens (tertiary/aromatic N) is 1. The molecule has 0 aromatic heterocycles. The van der Waals surface area contributed by atoms with Crippen molar-refractivity contribution in [3.63, 3.8) is 0 Å². The van der Waals surface area contributed by atoms with E-state index in [-0.39, 0.29) is 41.3 Å². The number of hydrogen-bond acceptors (Lipinski definition) is 3. The highest BCUT2D eigenvalue weighted by Gasteiger charge is 2.48. The molecule has 2 saturated heterocycles. The quantitative estimate of drug-likeness (QED) is 0.712. The maximum atomic E-state index is 13.5. The van der Waals surface area contributed by atoms with Crippen molar-refractivity contribution in [2.24, 2.45) is 5.41 Å². The van der Waals surface area contributed by atoms with Crippen molar-refractivity contribution in [1.29, 1.82) is 0 Å². The van der Waals surface area contributed by atoms with Crippen molar-refractivity contribution in [2.75, 3.05) is 19.6 Å². The molecule has 0 aliphatic carbocycles. The lowest BCUT2D eigenvalue weighted by atomic mass is 9.62. The number of hydrogen-bond donors (Lipinski definition) is 2. The van der Waals surface area contributed by atoms with Crippen molar-refractivity contribution in [3.05, 3.63) is 71.5 Å². The van der Waals surface area contributed by atoms with E-state index in [0.29, 0.717) is 38.9 Å². The number of rotatable bonds is 5. The molecule has 2 aromatic rings. The van der Waals surface area contributed by atoms with Crippen LogP contribution in [0, 0.1) is 11.2 Å². The zero-order valence-electron chi connectivity index (χ0n) is 19.8. The van der Waals surface area contributed by atoms with Gasteiger partial charge in [-0.25, -0.2) is 4.39 Å². The van der Waals surface area contributed by atoms with Crippen LogP contribution in [0.25, 0.3) is 0 Å². The van der Waals surface area contributed by atoms with E-state index in [0.717, 1.165) is 11.1 Å². The van der Waals surface area contributed by atoms with Crippen LogP contribution in [0.15, 0.2) is 54.6 Å². The van der Waals surface area contributed by atoms with Crippen molar-refractivity contribution < 1.29 is 18.8 Å². The fourth-order valence-corrected chi connectivity index (χ4v) is 5.41. The van der Waals surface area contributed by atoms with Gasteiger partial charge < -0.3 is 15.5 Å². The van der Waals surface area contributed by atoms with Crippen LogP contribution < -0.4 is 10.6 Å². The molecule has 2 aliphatic heterocycles. The van der Waals surface area contributed by atoms with E-state index in [2.05, 4.69) is 10.6 Å². The van der Waals surface area contributed by atoms with Gasteiger partial charge in [0.05, 0.1) is 6.42 Å². The summed E-state index contributed by atoms with van der Waals surface area (Å²) in [5.41, 5.74) is 0.606. The average molecular weight is 466 g/mol. The summed E-state index contributed by atoms with van der Waals surface area (Å²) in [6, 6.07) is 15.9. The van der Waals surface area contributed by atoms with Gasteiger partial charge in [-0.05, 0) is 55.4 Å². The van der Waals surface area contributed by atoms with Gasteiger partial charge in [0, 0.05) is 32.0 Å². The lowest BCUT2D eigenvalue weighted by Gasteiger charge is -2.49. The Balaban J connectivity index is 1.41. The summed E-state index contributed by atoms with van der Waals surface area (Å²) in [6.07, 6.45) is 1.98. The molecule has 1 atom stereocenters. The third-order valence-corrected chi connectivity index (χ3v) is 7.27. The molecule has 2 heterocycles. The number of halogens is 1. The Labute approximate surface area is 199 Å². The molecule has 0 saturated carbocycles. The molecule has 6 nitrogen and oxygen atoms in total. The minimum atomic E-state index is -1.03. The van der Waals surface area contributed by atoms with E-state index < -0.39 is 5.54 Å². The van der Waals surface area contributed by atoms with Gasteiger partial charge in [0.25, 0.3) is 0 Å². The molecule has 0 radical (unpaired) electrons. The summed E-state index contributed by atoms with van der Waals surface area (Å²) in [6.45, 7) is 5.01. The number of amides is 3. The molecule has 3 amide bonds. The van der Waals surface area contributed by atoms with E-state index in [1.807, 2.05) is 30.3 Å². The minimum absolute atomic E-state index is 0.0200. The third-order valence-electron chi connectivity index (χ3n) is 7.27. The van der Waals surface area contributed by atoms with Crippen LogP contribution >= 0.6 is 0 Å². The van der Waals surface area contributed by atoms with Crippen LogP contribution in [0.2, 0.25) is 0 Å². The van der Waals surface area contributed by atoms with Gasteiger partial charge in [0.1, 0.15) is 11.4 Å². The molecule has 1 spiro atoms. The smallest absolute Gasteiger partial charge is 0.247 e. The van der Waals surface area contributed by atoms with Crippen LogP contribution in [-0.2, 0) is 20.8 Å². The normalized spacial score (nSPS) is 20.0. The summed E-state index contributed by atoms with van der Waals surface area (Å²) in [5, 5.41) is 5.85. The lowest BCUT2D eigenvalue weighted by molar-refractivity contribution is -0.143. The number of nitrogens with one attached hydrogen (secondary N) is 2. The SMILES string of the molecule is CC(C)(NC(=O)Cc1ccccc1)C(=O)N1CCC2(CC1)CC(=O)NC[C@H]2c1ccc(F)cc1. The Morgan fingerprint density at radius 3 is 2.38 bits per heavy atom. The zero-order valence-corrected chi connectivity index (χ0v) is 19.8. The fraction of sp³-hybridized carbons (Fsp3) is 0.444. The Kier molecular flexibility index (Phi) is 6.73. The second-order valence-corrected chi connectivity index (χ2v) is 10.1. The van der Waals surface area contributed by atoms with Crippen molar-refractivity contribution >= 4 is 17.7 Å². The largest absolute Gasteiger partial charge is 0.355 e. The van der Waals surface area contributed by atoms with E-state index in [1.54, 1.807) is 30.9 Å². The Morgan fingerprint density at radius 2 is 1.74 bits per heavy atom. The maximum absolute atomic E-state index is 13.5. The highest BCUT2D eigenvalue weighted by atomic mass is 19.1. The monoisotopic (exact) mass is 465 g/mol. The molecule has 7 heteroatoms. The second-order valence-electron chi connectivity index (χ2n) is 10.1. The Bertz CT molecular complexity index is 1040. The predicted octanol–water partition coefficient (Wildman–Crippen LogP) is 3.18. The molecule has 180 valence electrons. The molecule has 0 unspecified atom stereocenters. The van der Waals surface area contributed by atoms with Crippen LogP contribution in [0.3, 0.4) is 0 Å². The average Bonchev–Trinajstić information content (AvgIpc) is 2.80. The summed E-state index contributed by atoms with van der Waals surface area (Å²) >= 11 is 0. The minimum Gasteiger partial charge on any atom is -0.355 e. The molecular formula is C27H32FN3O3. The number of likely N-dealkylation sites (tertiary alicyclic amines) is 1. The molecule has 2 aromatic carbocycles. The first-order chi connectivity index (χ1) is 16.2. The Morgan fingerprint density at radius 1 is 1.09 bits per heavy atom. The molecule has 2 N–H and O–H groups in total. The van der Waals surface area contributed by atoms with Crippen molar-refractivity contribution in [2.45, 2.75) is 51.0 Å². The summed E-state index contributed by atoms with van der Waals surface area (Å²) in [4.78, 5) is 40.0. The van der Waals surface area contributed by atoms with E-state index in [1.165, 1.54) is 12.1 Å². The number of piperidine rings is 2. The first kappa shape index (κ1) is 23.9. The molecule has 2 aliphatic rings. The zero-order chi connectivity index (χ0) is 24.3. The topological polar surface area (TPSA) is 78.5 Å². The van der Waals surface area contributed by atoms with Gasteiger partial charge in [0.15, 0.2) is 0 Å². The first-order valence-corrected chi connectivity index (χ1v) is 11.8. The van der Waals surface area contributed by atoms with Crippen LogP contribution in [-0.4, -0.2) is 47.8 Å². The van der Waals surface area contributed by atoms with E-state index in [4.69, 9.17) is 0 Å². The maximum Gasteiger partial charge on any atom is 0.247 e. The first-order valence-electron chi connectivity index (χ1n) is 11.8.